The Hall–Kier alpha value is -1.59. The van der Waals surface area contributed by atoms with E-state index in [0.29, 0.717) is 31.2 Å². The number of esters is 1. The smallest absolute Gasteiger partial charge is 0.338 e. The molecular weight excluding hydrogens is 246 g/mol. The van der Waals surface area contributed by atoms with Crippen LogP contribution in [0.3, 0.4) is 0 Å². The van der Waals surface area contributed by atoms with Crippen molar-refractivity contribution < 1.29 is 19.4 Å². The molecule has 1 fully saturated rings. The van der Waals surface area contributed by atoms with E-state index in [4.69, 9.17) is 14.6 Å². The molecule has 0 aromatic heterocycles. The summed E-state index contributed by atoms with van der Waals surface area (Å²) in [7, 11) is 0. The minimum Gasteiger partial charge on any atom is -0.462 e. The zero-order valence-electron chi connectivity index (χ0n) is 10.8. The van der Waals surface area contributed by atoms with Crippen LogP contribution in [0.1, 0.15) is 16.8 Å². The summed E-state index contributed by atoms with van der Waals surface area (Å²) < 4.78 is 10.5. The molecule has 104 valence electrons. The van der Waals surface area contributed by atoms with Gasteiger partial charge in [-0.2, -0.15) is 0 Å². The molecule has 1 heterocycles. The number of aliphatic hydroxyl groups excluding tert-OH is 1. The first-order valence-corrected chi connectivity index (χ1v) is 6.49. The van der Waals surface area contributed by atoms with Gasteiger partial charge in [0.2, 0.25) is 0 Å². The number of rotatable bonds is 6. The third kappa shape index (κ3) is 4.22. The molecule has 1 unspecified atom stereocenters. The van der Waals surface area contributed by atoms with Gasteiger partial charge in [0.1, 0.15) is 0 Å². The number of benzene rings is 1. The van der Waals surface area contributed by atoms with Gasteiger partial charge in [0.05, 0.1) is 25.4 Å². The van der Waals surface area contributed by atoms with Gasteiger partial charge in [-0.3, -0.25) is 0 Å². The van der Waals surface area contributed by atoms with Crippen LogP contribution in [-0.2, 0) is 9.47 Å². The monoisotopic (exact) mass is 265 g/mol. The van der Waals surface area contributed by atoms with Crippen LogP contribution >= 0.6 is 0 Å². The summed E-state index contributed by atoms with van der Waals surface area (Å²) in [5, 5.41) is 11.7. The van der Waals surface area contributed by atoms with Gasteiger partial charge in [0, 0.05) is 24.8 Å². The van der Waals surface area contributed by atoms with Crippen LogP contribution in [0.5, 0.6) is 0 Å². The van der Waals surface area contributed by atoms with Crippen LogP contribution < -0.4 is 5.32 Å². The summed E-state index contributed by atoms with van der Waals surface area (Å²) in [4.78, 5) is 11.8. The molecule has 1 aromatic rings. The van der Waals surface area contributed by atoms with Gasteiger partial charge in [-0.15, -0.1) is 0 Å². The zero-order chi connectivity index (χ0) is 13.5. The molecule has 0 saturated carbocycles. The molecule has 2 rings (SSSR count). The normalized spacial score (nSPS) is 18.3. The Morgan fingerprint density at radius 3 is 2.84 bits per heavy atom. The first-order valence-electron chi connectivity index (χ1n) is 6.49. The van der Waals surface area contributed by atoms with Gasteiger partial charge in [-0.25, -0.2) is 4.79 Å². The van der Waals surface area contributed by atoms with E-state index in [1.165, 1.54) is 0 Å². The Bertz CT molecular complexity index is 398. The summed E-state index contributed by atoms with van der Waals surface area (Å²) in [6, 6.07) is 7.02. The minimum atomic E-state index is -0.305. The van der Waals surface area contributed by atoms with E-state index in [-0.39, 0.29) is 12.6 Å². The number of ether oxygens (including phenoxy) is 2. The maximum atomic E-state index is 11.8. The fraction of sp³-hybridized carbons (Fsp3) is 0.500. The topological polar surface area (TPSA) is 67.8 Å². The highest BCUT2D eigenvalue weighted by Gasteiger charge is 2.18. The van der Waals surface area contributed by atoms with E-state index in [0.717, 1.165) is 18.7 Å². The number of carbonyl (C=O) groups is 1. The number of nitrogens with one attached hydrogen (secondary N) is 1. The Labute approximate surface area is 112 Å². The Morgan fingerprint density at radius 2 is 2.21 bits per heavy atom. The molecule has 0 aliphatic carbocycles. The molecule has 0 radical (unpaired) electrons. The molecule has 19 heavy (non-hydrogen) atoms. The van der Waals surface area contributed by atoms with Crippen molar-refractivity contribution in [3.8, 4) is 0 Å². The number of hydrogen-bond donors (Lipinski definition) is 2. The van der Waals surface area contributed by atoms with Gasteiger partial charge in [0.25, 0.3) is 0 Å². The summed E-state index contributed by atoms with van der Waals surface area (Å²) in [5.74, 6) is 0.0232. The standard InChI is InChI=1S/C14H19NO4/c16-7-6-15-13-3-1-12(2-4-13)14(17)19-10-11-5-8-18-9-11/h1-4,11,15-16H,5-10H2. The maximum Gasteiger partial charge on any atom is 0.338 e. The zero-order valence-corrected chi connectivity index (χ0v) is 10.8. The third-order valence-electron chi connectivity index (χ3n) is 3.04. The van der Waals surface area contributed by atoms with E-state index in [1.807, 2.05) is 0 Å². The molecule has 1 aromatic carbocycles. The van der Waals surface area contributed by atoms with Crippen molar-refractivity contribution in [1.82, 2.24) is 0 Å². The van der Waals surface area contributed by atoms with Gasteiger partial charge in [-0.05, 0) is 30.7 Å². The summed E-state index contributed by atoms with van der Waals surface area (Å²) in [6.45, 7) is 2.42. The second kappa shape index (κ2) is 7.11. The lowest BCUT2D eigenvalue weighted by molar-refractivity contribution is 0.0428. The van der Waals surface area contributed by atoms with Crippen LogP contribution in [0.25, 0.3) is 0 Å². The largest absolute Gasteiger partial charge is 0.462 e. The lowest BCUT2D eigenvalue weighted by Gasteiger charge is -2.09. The van der Waals surface area contributed by atoms with E-state index in [1.54, 1.807) is 24.3 Å². The molecule has 5 heteroatoms. The maximum absolute atomic E-state index is 11.8. The van der Waals surface area contributed by atoms with Crippen molar-refractivity contribution in [2.75, 3.05) is 38.3 Å². The fourth-order valence-corrected chi connectivity index (χ4v) is 1.92. The molecule has 1 aliphatic heterocycles. The van der Waals surface area contributed by atoms with Crippen molar-refractivity contribution in [2.45, 2.75) is 6.42 Å². The van der Waals surface area contributed by atoms with Crippen LogP contribution in [0.2, 0.25) is 0 Å². The number of aliphatic hydroxyl groups is 1. The molecule has 0 spiro atoms. The summed E-state index contributed by atoms with van der Waals surface area (Å²) in [6.07, 6.45) is 0.956. The van der Waals surface area contributed by atoms with Crippen molar-refractivity contribution in [2.24, 2.45) is 5.92 Å². The molecule has 1 saturated heterocycles. The third-order valence-corrected chi connectivity index (χ3v) is 3.04. The fourth-order valence-electron chi connectivity index (χ4n) is 1.92. The quantitative estimate of drug-likeness (QED) is 0.758. The Balaban J connectivity index is 1.81. The van der Waals surface area contributed by atoms with Gasteiger partial charge in [-0.1, -0.05) is 0 Å². The molecule has 0 bridgehead atoms. The molecule has 5 nitrogen and oxygen atoms in total. The van der Waals surface area contributed by atoms with Crippen molar-refractivity contribution in [3.63, 3.8) is 0 Å². The highest BCUT2D eigenvalue weighted by Crippen LogP contribution is 2.14. The number of hydrogen-bond acceptors (Lipinski definition) is 5. The number of carbonyl (C=O) groups excluding carboxylic acids is 1. The first kappa shape index (κ1) is 13.8. The van der Waals surface area contributed by atoms with Crippen LogP contribution in [0, 0.1) is 5.92 Å². The predicted molar refractivity (Wildman–Crippen MR) is 71.2 cm³/mol. The van der Waals surface area contributed by atoms with Crippen molar-refractivity contribution >= 4 is 11.7 Å². The lowest BCUT2D eigenvalue weighted by atomic mass is 10.1. The molecule has 0 amide bonds. The summed E-state index contributed by atoms with van der Waals surface area (Å²) >= 11 is 0. The van der Waals surface area contributed by atoms with Crippen LogP contribution in [0.15, 0.2) is 24.3 Å². The minimum absolute atomic E-state index is 0.0766. The van der Waals surface area contributed by atoms with E-state index in [2.05, 4.69) is 5.32 Å². The number of anilines is 1. The Morgan fingerprint density at radius 1 is 1.42 bits per heavy atom. The van der Waals surface area contributed by atoms with Crippen LogP contribution in [0.4, 0.5) is 5.69 Å². The van der Waals surface area contributed by atoms with Gasteiger partial charge < -0.3 is 19.9 Å². The molecule has 1 aliphatic rings. The van der Waals surface area contributed by atoms with Crippen LogP contribution in [-0.4, -0.2) is 44.0 Å². The first-order chi connectivity index (χ1) is 9.29. The second-order valence-electron chi connectivity index (χ2n) is 4.56. The lowest BCUT2D eigenvalue weighted by Crippen LogP contribution is -2.14. The van der Waals surface area contributed by atoms with E-state index >= 15 is 0 Å². The SMILES string of the molecule is O=C(OCC1CCOC1)c1ccc(NCCO)cc1. The predicted octanol–water partition coefficient (Wildman–Crippen LogP) is 1.28. The van der Waals surface area contributed by atoms with Crippen molar-refractivity contribution in [1.29, 1.82) is 0 Å². The highest BCUT2D eigenvalue weighted by molar-refractivity contribution is 5.89. The van der Waals surface area contributed by atoms with Gasteiger partial charge >= 0.3 is 5.97 Å². The average molecular weight is 265 g/mol. The Kier molecular flexibility index (Phi) is 5.18. The molecule has 2 N–H and O–H groups in total. The average Bonchev–Trinajstić information content (AvgIpc) is 2.96. The highest BCUT2D eigenvalue weighted by atomic mass is 16.5. The van der Waals surface area contributed by atoms with E-state index < -0.39 is 0 Å². The van der Waals surface area contributed by atoms with Gasteiger partial charge in [0.15, 0.2) is 0 Å². The summed E-state index contributed by atoms with van der Waals surface area (Å²) in [5.41, 5.74) is 1.41. The molecule has 1 atom stereocenters. The molecular formula is C14H19NO4. The van der Waals surface area contributed by atoms with Crippen molar-refractivity contribution in [3.05, 3.63) is 29.8 Å². The second-order valence-corrected chi connectivity index (χ2v) is 4.56. The van der Waals surface area contributed by atoms with E-state index in [9.17, 15) is 4.79 Å².